The Kier molecular flexibility index (Phi) is 2.53. The van der Waals surface area contributed by atoms with Crippen molar-refractivity contribution in [1.29, 1.82) is 0 Å². The van der Waals surface area contributed by atoms with Gasteiger partial charge in [-0.3, -0.25) is 4.98 Å². The first-order valence-electron chi connectivity index (χ1n) is 5.26. The van der Waals surface area contributed by atoms with E-state index in [0.29, 0.717) is 5.52 Å². The molecular formula is C13H8N2O2S. The molecule has 5 heteroatoms. The fraction of sp³-hybridized carbons (Fsp3) is 0. The lowest BCUT2D eigenvalue weighted by molar-refractivity contribution is 0.0691. The lowest BCUT2D eigenvalue weighted by atomic mass is 10.1. The van der Waals surface area contributed by atoms with Crippen LogP contribution in [0.1, 0.15) is 10.5 Å². The highest BCUT2D eigenvalue weighted by Crippen LogP contribution is 2.27. The summed E-state index contributed by atoms with van der Waals surface area (Å²) in [5, 5.41) is 13.8. The lowest BCUT2D eigenvalue weighted by Crippen LogP contribution is -2.00. The summed E-state index contributed by atoms with van der Waals surface area (Å²) in [5.74, 6) is -1.02. The standard InChI is InChI=1S/C13H8N2O2S/c16-13(17)11-2-1-8-5-14-6-10(12(8)15-11)9-3-4-18-7-9/h1-7H,(H,16,17). The summed E-state index contributed by atoms with van der Waals surface area (Å²) >= 11 is 1.58. The van der Waals surface area contributed by atoms with Gasteiger partial charge < -0.3 is 5.11 Å². The Bertz CT molecular complexity index is 723. The number of carboxylic acid groups (broad SMARTS) is 1. The molecule has 0 unspecified atom stereocenters. The molecule has 0 aliphatic heterocycles. The molecule has 0 bridgehead atoms. The molecule has 0 amide bonds. The minimum atomic E-state index is -1.02. The van der Waals surface area contributed by atoms with E-state index in [1.165, 1.54) is 6.07 Å². The summed E-state index contributed by atoms with van der Waals surface area (Å²) in [6.07, 6.45) is 3.40. The Morgan fingerprint density at radius 2 is 2.11 bits per heavy atom. The van der Waals surface area contributed by atoms with Crippen LogP contribution in [-0.2, 0) is 0 Å². The molecule has 0 saturated heterocycles. The van der Waals surface area contributed by atoms with Gasteiger partial charge in [-0.1, -0.05) is 0 Å². The molecule has 3 heterocycles. The van der Waals surface area contributed by atoms with E-state index in [0.717, 1.165) is 16.5 Å². The first kappa shape index (κ1) is 10.9. The van der Waals surface area contributed by atoms with Crippen LogP contribution in [0.2, 0.25) is 0 Å². The van der Waals surface area contributed by atoms with Crippen LogP contribution in [0.25, 0.3) is 22.0 Å². The zero-order chi connectivity index (χ0) is 12.5. The highest BCUT2D eigenvalue weighted by atomic mass is 32.1. The molecule has 0 fully saturated rings. The SMILES string of the molecule is O=C(O)c1ccc2cncc(-c3ccsc3)c2n1. The normalized spacial score (nSPS) is 10.7. The van der Waals surface area contributed by atoms with Gasteiger partial charge in [0.1, 0.15) is 5.69 Å². The number of rotatable bonds is 2. The third kappa shape index (κ3) is 1.74. The molecule has 4 nitrogen and oxygen atoms in total. The van der Waals surface area contributed by atoms with E-state index in [9.17, 15) is 4.79 Å². The van der Waals surface area contributed by atoms with Gasteiger partial charge in [-0.15, -0.1) is 0 Å². The smallest absolute Gasteiger partial charge is 0.354 e. The molecule has 3 rings (SSSR count). The van der Waals surface area contributed by atoms with E-state index in [-0.39, 0.29) is 5.69 Å². The summed E-state index contributed by atoms with van der Waals surface area (Å²) in [7, 11) is 0. The largest absolute Gasteiger partial charge is 0.477 e. The van der Waals surface area contributed by atoms with Crippen molar-refractivity contribution < 1.29 is 9.90 Å². The maximum absolute atomic E-state index is 11.0. The molecule has 0 aromatic carbocycles. The first-order valence-corrected chi connectivity index (χ1v) is 6.20. The number of carboxylic acids is 1. The van der Waals surface area contributed by atoms with E-state index in [2.05, 4.69) is 9.97 Å². The van der Waals surface area contributed by atoms with Gasteiger partial charge >= 0.3 is 5.97 Å². The molecule has 0 aliphatic rings. The van der Waals surface area contributed by atoms with Crippen molar-refractivity contribution in [3.8, 4) is 11.1 Å². The first-order chi connectivity index (χ1) is 8.75. The molecule has 0 saturated carbocycles. The minimum absolute atomic E-state index is 0.0465. The van der Waals surface area contributed by atoms with Crippen LogP contribution in [0.5, 0.6) is 0 Å². The second-order valence-electron chi connectivity index (χ2n) is 3.77. The van der Waals surface area contributed by atoms with Crippen molar-refractivity contribution in [2.24, 2.45) is 0 Å². The van der Waals surface area contributed by atoms with Crippen LogP contribution >= 0.6 is 11.3 Å². The highest BCUT2D eigenvalue weighted by Gasteiger charge is 2.10. The quantitative estimate of drug-likeness (QED) is 0.765. The lowest BCUT2D eigenvalue weighted by Gasteiger charge is -2.04. The summed E-state index contributed by atoms with van der Waals surface area (Å²) in [6.45, 7) is 0. The average Bonchev–Trinajstić information content (AvgIpc) is 2.91. The maximum Gasteiger partial charge on any atom is 0.354 e. The van der Waals surface area contributed by atoms with Crippen molar-refractivity contribution >= 4 is 28.2 Å². The molecule has 0 radical (unpaired) electrons. The number of pyridine rings is 2. The molecule has 3 aromatic heterocycles. The third-order valence-corrected chi connectivity index (χ3v) is 3.33. The summed E-state index contributed by atoms with van der Waals surface area (Å²) in [6, 6.07) is 5.19. The predicted octanol–water partition coefficient (Wildman–Crippen LogP) is 3.06. The second-order valence-corrected chi connectivity index (χ2v) is 4.55. The number of nitrogens with zero attached hydrogens (tertiary/aromatic N) is 2. The van der Waals surface area contributed by atoms with E-state index < -0.39 is 5.97 Å². The topological polar surface area (TPSA) is 63.1 Å². The molecule has 18 heavy (non-hydrogen) atoms. The van der Waals surface area contributed by atoms with Crippen LogP contribution in [0.3, 0.4) is 0 Å². The Morgan fingerprint density at radius 1 is 1.22 bits per heavy atom. The van der Waals surface area contributed by atoms with Gasteiger partial charge in [-0.05, 0) is 34.5 Å². The Morgan fingerprint density at radius 3 is 2.83 bits per heavy atom. The van der Waals surface area contributed by atoms with Crippen molar-refractivity contribution in [2.45, 2.75) is 0 Å². The highest BCUT2D eigenvalue weighted by molar-refractivity contribution is 7.08. The van der Waals surface area contributed by atoms with Gasteiger partial charge in [0, 0.05) is 23.3 Å². The van der Waals surface area contributed by atoms with Crippen molar-refractivity contribution in [3.05, 3.63) is 47.0 Å². The number of carbonyl (C=O) groups is 1. The fourth-order valence-corrected chi connectivity index (χ4v) is 2.45. The molecule has 88 valence electrons. The van der Waals surface area contributed by atoms with Crippen molar-refractivity contribution in [1.82, 2.24) is 9.97 Å². The number of aromatic nitrogens is 2. The zero-order valence-corrected chi connectivity index (χ0v) is 10.0. The molecule has 0 spiro atoms. The molecule has 0 aliphatic carbocycles. The van der Waals surface area contributed by atoms with Gasteiger partial charge in [0.15, 0.2) is 0 Å². The van der Waals surface area contributed by atoms with Gasteiger partial charge in [0.25, 0.3) is 0 Å². The number of hydrogen-bond acceptors (Lipinski definition) is 4. The predicted molar refractivity (Wildman–Crippen MR) is 69.8 cm³/mol. The van der Waals surface area contributed by atoms with E-state index in [4.69, 9.17) is 5.11 Å². The summed E-state index contributed by atoms with van der Waals surface area (Å²) in [5.41, 5.74) is 2.58. The van der Waals surface area contributed by atoms with Crippen LogP contribution in [0.15, 0.2) is 41.4 Å². The average molecular weight is 256 g/mol. The zero-order valence-electron chi connectivity index (χ0n) is 9.20. The molecule has 0 atom stereocenters. The Hall–Kier alpha value is -2.27. The van der Waals surface area contributed by atoms with Gasteiger partial charge in [0.05, 0.1) is 5.52 Å². The van der Waals surface area contributed by atoms with Gasteiger partial charge in [-0.25, -0.2) is 9.78 Å². The summed E-state index contributed by atoms with van der Waals surface area (Å²) in [4.78, 5) is 19.3. The maximum atomic E-state index is 11.0. The molecular weight excluding hydrogens is 248 g/mol. The minimum Gasteiger partial charge on any atom is -0.477 e. The van der Waals surface area contributed by atoms with E-state index in [1.54, 1.807) is 29.8 Å². The second kappa shape index (κ2) is 4.19. The number of aromatic carboxylic acids is 1. The van der Waals surface area contributed by atoms with Crippen LogP contribution in [0.4, 0.5) is 0 Å². The van der Waals surface area contributed by atoms with Gasteiger partial charge in [-0.2, -0.15) is 11.3 Å². The molecule has 1 N–H and O–H groups in total. The van der Waals surface area contributed by atoms with Gasteiger partial charge in [0.2, 0.25) is 0 Å². The molecule has 3 aromatic rings. The fourth-order valence-electron chi connectivity index (χ4n) is 1.79. The van der Waals surface area contributed by atoms with Crippen molar-refractivity contribution in [3.63, 3.8) is 0 Å². The Labute approximate surface area is 107 Å². The Balaban J connectivity index is 2.31. The summed E-state index contributed by atoms with van der Waals surface area (Å²) < 4.78 is 0. The number of fused-ring (bicyclic) bond motifs is 1. The van der Waals surface area contributed by atoms with E-state index in [1.807, 2.05) is 16.8 Å². The monoisotopic (exact) mass is 256 g/mol. The van der Waals surface area contributed by atoms with Crippen LogP contribution in [0, 0.1) is 0 Å². The van der Waals surface area contributed by atoms with Crippen LogP contribution < -0.4 is 0 Å². The number of hydrogen-bond donors (Lipinski definition) is 1. The van der Waals surface area contributed by atoms with Crippen LogP contribution in [-0.4, -0.2) is 21.0 Å². The number of thiophene rings is 1. The third-order valence-electron chi connectivity index (χ3n) is 2.65. The van der Waals surface area contributed by atoms with E-state index >= 15 is 0 Å². The van der Waals surface area contributed by atoms with Crippen molar-refractivity contribution in [2.75, 3.05) is 0 Å².